The van der Waals surface area contributed by atoms with E-state index in [0.29, 0.717) is 17.7 Å². The van der Waals surface area contributed by atoms with E-state index in [1.54, 1.807) is 0 Å². The van der Waals surface area contributed by atoms with E-state index in [2.05, 4.69) is 44.8 Å². The standard InChI is InChI=1S/C36H47N5O4/c1-5-41(36(45)28-8-6-7-9-28)33-18-29(27-12-10-26(11-13-27)21-40-15-14-37-19-30(40)22-42)17-31(25(33)4)34(43)38-20-32-23(2)16-24(3)39-35(32)44/h10-13,16-18,28,30,37,42H,5-9,14-15,19-22H2,1-4H3,(H,38,43)(H,39,44)/t30-/m0/s1. The van der Waals surface area contributed by atoms with E-state index in [-0.39, 0.29) is 42.5 Å². The zero-order valence-electron chi connectivity index (χ0n) is 27.0. The first-order valence-corrected chi connectivity index (χ1v) is 16.3. The zero-order chi connectivity index (χ0) is 32.1. The summed E-state index contributed by atoms with van der Waals surface area (Å²) >= 11 is 0. The predicted octanol–water partition coefficient (Wildman–Crippen LogP) is 4.21. The number of piperazine rings is 1. The van der Waals surface area contributed by atoms with Crippen LogP contribution in [0.3, 0.4) is 0 Å². The van der Waals surface area contributed by atoms with Crippen molar-refractivity contribution in [2.75, 3.05) is 37.7 Å². The Morgan fingerprint density at radius 3 is 2.44 bits per heavy atom. The van der Waals surface area contributed by atoms with Crippen LogP contribution >= 0.6 is 0 Å². The number of hydrogen-bond donors (Lipinski definition) is 4. The molecule has 45 heavy (non-hydrogen) atoms. The number of H-pyrrole nitrogens is 1. The molecule has 1 aromatic heterocycles. The van der Waals surface area contributed by atoms with E-state index in [9.17, 15) is 19.5 Å². The highest BCUT2D eigenvalue weighted by Gasteiger charge is 2.29. The maximum Gasteiger partial charge on any atom is 0.253 e. The molecule has 2 amide bonds. The van der Waals surface area contributed by atoms with Gasteiger partial charge in [0.15, 0.2) is 0 Å². The molecule has 1 aliphatic carbocycles. The fraction of sp³-hybridized carbons (Fsp3) is 0.472. The average Bonchev–Trinajstić information content (AvgIpc) is 3.57. The number of nitrogens with zero attached hydrogens (tertiary/aromatic N) is 2. The van der Waals surface area contributed by atoms with Crippen LogP contribution in [-0.2, 0) is 17.9 Å². The zero-order valence-corrected chi connectivity index (χ0v) is 27.0. The highest BCUT2D eigenvalue weighted by atomic mass is 16.3. The maximum absolute atomic E-state index is 13.8. The lowest BCUT2D eigenvalue weighted by Gasteiger charge is -2.35. The van der Waals surface area contributed by atoms with Crippen molar-refractivity contribution in [1.29, 1.82) is 0 Å². The average molecular weight is 614 g/mol. The summed E-state index contributed by atoms with van der Waals surface area (Å²) < 4.78 is 0. The van der Waals surface area contributed by atoms with Crippen LogP contribution in [0, 0.1) is 26.7 Å². The summed E-state index contributed by atoms with van der Waals surface area (Å²) in [6.07, 6.45) is 3.93. The Hall–Kier alpha value is -3.79. The summed E-state index contributed by atoms with van der Waals surface area (Å²) in [5.74, 6) is -0.161. The first kappa shape index (κ1) is 32.6. The van der Waals surface area contributed by atoms with Crippen molar-refractivity contribution in [1.82, 2.24) is 20.5 Å². The minimum Gasteiger partial charge on any atom is -0.395 e. The number of rotatable bonds is 10. The van der Waals surface area contributed by atoms with Crippen molar-refractivity contribution in [2.45, 2.75) is 72.5 Å². The van der Waals surface area contributed by atoms with Crippen molar-refractivity contribution in [3.05, 3.63) is 86.3 Å². The van der Waals surface area contributed by atoms with E-state index in [1.165, 1.54) is 0 Å². The number of benzene rings is 2. The Bertz CT molecular complexity index is 1580. The fourth-order valence-corrected chi connectivity index (χ4v) is 6.81. The SMILES string of the molecule is CCN(C(=O)C1CCCC1)c1cc(-c2ccc(CN3CCNC[C@H]3CO)cc2)cc(C(=O)NCc2c(C)cc(C)[nH]c2=O)c1C. The first-order chi connectivity index (χ1) is 21.7. The maximum atomic E-state index is 13.8. The van der Waals surface area contributed by atoms with Gasteiger partial charge in [-0.2, -0.15) is 0 Å². The number of aliphatic hydroxyl groups excluding tert-OH is 1. The van der Waals surface area contributed by atoms with Gasteiger partial charge in [-0.1, -0.05) is 37.1 Å². The highest BCUT2D eigenvalue weighted by molar-refractivity contribution is 6.02. The van der Waals surface area contributed by atoms with Crippen molar-refractivity contribution in [3.63, 3.8) is 0 Å². The molecule has 0 spiro atoms. The van der Waals surface area contributed by atoms with Crippen LogP contribution in [0.2, 0.25) is 0 Å². The predicted molar refractivity (Wildman–Crippen MR) is 178 cm³/mol. The summed E-state index contributed by atoms with van der Waals surface area (Å²) in [6.45, 7) is 11.6. The van der Waals surface area contributed by atoms with E-state index < -0.39 is 0 Å². The van der Waals surface area contributed by atoms with Crippen LogP contribution < -0.4 is 21.1 Å². The molecule has 0 unspecified atom stereocenters. The van der Waals surface area contributed by atoms with Crippen LogP contribution in [-0.4, -0.2) is 65.6 Å². The van der Waals surface area contributed by atoms with E-state index in [1.807, 2.05) is 50.8 Å². The summed E-state index contributed by atoms with van der Waals surface area (Å²) in [7, 11) is 0. The van der Waals surface area contributed by atoms with E-state index in [4.69, 9.17) is 0 Å². The summed E-state index contributed by atoms with van der Waals surface area (Å²) in [5.41, 5.74) is 6.84. The second-order valence-corrected chi connectivity index (χ2v) is 12.6. The van der Waals surface area contributed by atoms with Crippen molar-refractivity contribution >= 4 is 17.5 Å². The Balaban J connectivity index is 1.47. The van der Waals surface area contributed by atoms with Crippen molar-refractivity contribution in [2.24, 2.45) is 5.92 Å². The quantitative estimate of drug-likeness (QED) is 0.272. The second kappa shape index (κ2) is 14.5. The summed E-state index contributed by atoms with van der Waals surface area (Å²) in [6, 6.07) is 14.2. The van der Waals surface area contributed by atoms with Gasteiger partial charge in [0.05, 0.1) is 6.61 Å². The monoisotopic (exact) mass is 613 g/mol. The molecule has 9 heteroatoms. The van der Waals surface area contributed by atoms with Gasteiger partial charge in [-0.3, -0.25) is 19.3 Å². The molecule has 1 aliphatic heterocycles. The molecule has 0 bridgehead atoms. The third-order valence-corrected chi connectivity index (χ3v) is 9.48. The molecule has 2 fully saturated rings. The molecule has 2 aromatic carbocycles. The van der Waals surface area contributed by atoms with Gasteiger partial charge in [0.2, 0.25) is 5.91 Å². The molecule has 1 saturated heterocycles. The number of aromatic amines is 1. The van der Waals surface area contributed by atoms with Crippen molar-refractivity contribution < 1.29 is 14.7 Å². The van der Waals surface area contributed by atoms with Gasteiger partial charge in [-0.25, -0.2) is 0 Å². The van der Waals surface area contributed by atoms with E-state index >= 15 is 0 Å². The van der Waals surface area contributed by atoms with Gasteiger partial charge in [0.25, 0.3) is 11.5 Å². The largest absolute Gasteiger partial charge is 0.395 e. The summed E-state index contributed by atoms with van der Waals surface area (Å²) in [4.78, 5) is 47.1. The molecule has 1 atom stereocenters. The lowest BCUT2D eigenvalue weighted by molar-refractivity contribution is -0.122. The molecule has 5 rings (SSSR count). The molecule has 2 aliphatic rings. The molecule has 9 nitrogen and oxygen atoms in total. The minimum atomic E-state index is -0.287. The molecular formula is C36H47N5O4. The lowest BCUT2D eigenvalue weighted by Crippen LogP contribution is -2.52. The van der Waals surface area contributed by atoms with Crippen LogP contribution in [0.25, 0.3) is 11.1 Å². The number of aryl methyl sites for hydroxylation is 2. The molecule has 1 saturated carbocycles. The van der Waals surface area contributed by atoms with E-state index in [0.717, 1.165) is 91.1 Å². The molecule has 0 radical (unpaired) electrons. The van der Waals surface area contributed by atoms with Crippen LogP contribution in [0.4, 0.5) is 5.69 Å². The Labute approximate surface area is 266 Å². The molecular weight excluding hydrogens is 566 g/mol. The second-order valence-electron chi connectivity index (χ2n) is 12.6. The van der Waals surface area contributed by atoms with Crippen molar-refractivity contribution in [3.8, 4) is 11.1 Å². The van der Waals surface area contributed by atoms with Gasteiger partial charge < -0.3 is 25.6 Å². The lowest BCUT2D eigenvalue weighted by atomic mass is 9.95. The van der Waals surface area contributed by atoms with Crippen LogP contribution in [0.15, 0.2) is 47.3 Å². The number of aromatic nitrogens is 1. The summed E-state index contributed by atoms with van der Waals surface area (Å²) in [5, 5.41) is 16.1. The van der Waals surface area contributed by atoms with Gasteiger partial charge >= 0.3 is 0 Å². The molecule has 3 aromatic rings. The smallest absolute Gasteiger partial charge is 0.253 e. The number of anilines is 1. The topological polar surface area (TPSA) is 118 Å². The Morgan fingerprint density at radius 1 is 1.04 bits per heavy atom. The first-order valence-electron chi connectivity index (χ1n) is 16.3. The fourth-order valence-electron chi connectivity index (χ4n) is 6.81. The number of carbonyl (C=O) groups is 2. The van der Waals surface area contributed by atoms with Crippen LogP contribution in [0.5, 0.6) is 0 Å². The number of carbonyl (C=O) groups excluding carboxylic acids is 2. The number of aliphatic hydroxyl groups is 1. The number of nitrogens with one attached hydrogen (secondary N) is 3. The molecule has 2 heterocycles. The minimum absolute atomic E-state index is 0.00791. The number of pyridine rings is 1. The van der Waals surface area contributed by atoms with Gasteiger partial charge in [0.1, 0.15) is 0 Å². The highest BCUT2D eigenvalue weighted by Crippen LogP contribution is 2.35. The number of hydrogen-bond acceptors (Lipinski definition) is 6. The van der Waals surface area contributed by atoms with Gasteiger partial charge in [-0.05, 0) is 86.6 Å². The molecule has 4 N–H and O–H groups in total. The van der Waals surface area contributed by atoms with Crippen LogP contribution in [0.1, 0.15) is 70.9 Å². The third-order valence-electron chi connectivity index (χ3n) is 9.48. The third kappa shape index (κ3) is 7.38. The Kier molecular flexibility index (Phi) is 10.5. The molecule has 240 valence electrons. The normalized spacial score (nSPS) is 17.4. The number of amides is 2. The van der Waals surface area contributed by atoms with Gasteiger partial charge in [0, 0.05) is 73.7 Å². The van der Waals surface area contributed by atoms with Gasteiger partial charge in [-0.15, -0.1) is 0 Å². The Morgan fingerprint density at radius 2 is 1.78 bits per heavy atom.